The number of hydrogen-bond donors (Lipinski definition) is 1. The van der Waals surface area contributed by atoms with Gasteiger partial charge in [0.2, 0.25) is 0 Å². The summed E-state index contributed by atoms with van der Waals surface area (Å²) in [5.41, 5.74) is 0.900. The average Bonchev–Trinajstić information content (AvgIpc) is 2.86. The molecule has 3 atom stereocenters. The third kappa shape index (κ3) is 2.30. The zero-order valence-electron chi connectivity index (χ0n) is 11.7. The highest BCUT2D eigenvalue weighted by Gasteiger charge is 2.70. The second-order valence-corrected chi connectivity index (χ2v) is 6.52. The van der Waals surface area contributed by atoms with E-state index in [0.717, 1.165) is 5.56 Å². The molecule has 21 heavy (non-hydrogen) atoms. The molecule has 114 valence electrons. The van der Waals surface area contributed by atoms with Crippen molar-refractivity contribution in [3.8, 4) is 0 Å². The molecule has 0 aromatic heterocycles. The van der Waals surface area contributed by atoms with Gasteiger partial charge in [0, 0.05) is 25.1 Å². The van der Waals surface area contributed by atoms with Crippen LogP contribution in [-0.4, -0.2) is 42.4 Å². The van der Waals surface area contributed by atoms with Crippen LogP contribution in [0.2, 0.25) is 10.0 Å². The first-order valence-corrected chi connectivity index (χ1v) is 7.77. The number of nitrogens with zero attached hydrogens (tertiary/aromatic N) is 1. The first-order valence-electron chi connectivity index (χ1n) is 7.01. The average molecular weight is 330 g/mol. The molecule has 1 heterocycles. The highest BCUT2D eigenvalue weighted by atomic mass is 35.5. The molecule has 6 heteroatoms. The van der Waals surface area contributed by atoms with Crippen LogP contribution in [0.25, 0.3) is 0 Å². The molecule has 1 aliphatic heterocycles. The van der Waals surface area contributed by atoms with Crippen molar-refractivity contribution < 1.29 is 14.6 Å². The lowest BCUT2D eigenvalue weighted by Crippen LogP contribution is -2.34. The highest BCUT2D eigenvalue weighted by Crippen LogP contribution is 2.64. The summed E-state index contributed by atoms with van der Waals surface area (Å²) in [5, 5.41) is 10.3. The maximum atomic E-state index is 11.2. The van der Waals surface area contributed by atoms with E-state index in [4.69, 9.17) is 27.9 Å². The van der Waals surface area contributed by atoms with Gasteiger partial charge in [-0.1, -0.05) is 29.3 Å². The Labute approximate surface area is 133 Å². The zero-order chi connectivity index (χ0) is 15.2. The van der Waals surface area contributed by atoms with E-state index in [0.29, 0.717) is 48.2 Å². The van der Waals surface area contributed by atoms with Gasteiger partial charge in [0.15, 0.2) is 0 Å². The smallest absolute Gasteiger partial charge is 0.407 e. The van der Waals surface area contributed by atoms with E-state index in [-0.39, 0.29) is 5.41 Å². The highest BCUT2D eigenvalue weighted by molar-refractivity contribution is 6.42. The van der Waals surface area contributed by atoms with Crippen LogP contribution in [0.5, 0.6) is 0 Å². The second kappa shape index (κ2) is 5.34. The topological polar surface area (TPSA) is 49.8 Å². The third-order valence-electron chi connectivity index (χ3n) is 4.80. The fraction of sp³-hybridized carbons (Fsp3) is 0.533. The van der Waals surface area contributed by atoms with Gasteiger partial charge in [0.05, 0.1) is 16.7 Å². The number of likely N-dealkylation sites (tertiary alicyclic amines) is 1. The lowest BCUT2D eigenvalue weighted by atomic mass is 9.93. The summed E-state index contributed by atoms with van der Waals surface area (Å²) in [4.78, 5) is 12.7. The summed E-state index contributed by atoms with van der Waals surface area (Å²) in [6, 6.07) is 5.61. The van der Waals surface area contributed by atoms with Gasteiger partial charge in [0.1, 0.15) is 0 Å². The molecule has 3 unspecified atom stereocenters. The van der Waals surface area contributed by atoms with Crippen LogP contribution in [0, 0.1) is 11.8 Å². The summed E-state index contributed by atoms with van der Waals surface area (Å²) in [6.45, 7) is 4.36. The minimum Gasteiger partial charge on any atom is -0.465 e. The fourth-order valence-electron chi connectivity index (χ4n) is 3.71. The lowest BCUT2D eigenvalue weighted by molar-refractivity contribution is 0.112. The summed E-state index contributed by atoms with van der Waals surface area (Å²) in [6.07, 6.45) is -0.864. The quantitative estimate of drug-likeness (QED) is 0.919. The van der Waals surface area contributed by atoms with Crippen molar-refractivity contribution in [3.05, 3.63) is 33.8 Å². The number of amides is 1. The van der Waals surface area contributed by atoms with Crippen LogP contribution >= 0.6 is 23.2 Å². The number of benzene rings is 1. The zero-order valence-corrected chi connectivity index (χ0v) is 13.2. The van der Waals surface area contributed by atoms with Gasteiger partial charge >= 0.3 is 6.09 Å². The Bertz CT molecular complexity index is 580. The number of ether oxygens (including phenoxy) is 1. The molecule has 1 saturated carbocycles. The van der Waals surface area contributed by atoms with Gasteiger partial charge in [-0.15, -0.1) is 0 Å². The predicted octanol–water partition coefficient (Wildman–Crippen LogP) is 3.51. The molecule has 1 aromatic rings. The molecule has 2 fully saturated rings. The lowest BCUT2D eigenvalue weighted by Gasteiger charge is -2.22. The van der Waals surface area contributed by atoms with Crippen molar-refractivity contribution in [2.24, 2.45) is 11.8 Å². The Morgan fingerprint density at radius 3 is 2.86 bits per heavy atom. The molecule has 1 amide bonds. The second-order valence-electron chi connectivity index (χ2n) is 5.70. The number of hydrogen-bond acceptors (Lipinski definition) is 2. The first kappa shape index (κ1) is 14.9. The Kier molecular flexibility index (Phi) is 3.80. The van der Waals surface area contributed by atoms with Crippen molar-refractivity contribution in [1.82, 2.24) is 4.90 Å². The standard InChI is InChI=1S/C15H17Cl2NO3/c1-2-21-7-11-10-6-18(14(19)20)8-15(10,11)9-3-4-12(16)13(17)5-9/h3-5,10-11H,2,6-8H2,1H3,(H,19,20). The largest absolute Gasteiger partial charge is 0.465 e. The minimum absolute atomic E-state index is 0.165. The summed E-state index contributed by atoms with van der Waals surface area (Å²) in [5.74, 6) is 0.655. The maximum absolute atomic E-state index is 11.2. The molecule has 1 saturated heterocycles. The molecular formula is C15H17Cl2NO3. The van der Waals surface area contributed by atoms with Gasteiger partial charge in [-0.2, -0.15) is 0 Å². The van der Waals surface area contributed by atoms with Crippen molar-refractivity contribution >= 4 is 29.3 Å². The number of rotatable bonds is 4. The third-order valence-corrected chi connectivity index (χ3v) is 5.54. The van der Waals surface area contributed by atoms with E-state index < -0.39 is 6.09 Å². The number of carboxylic acid groups (broad SMARTS) is 1. The minimum atomic E-state index is -0.864. The predicted molar refractivity (Wildman–Crippen MR) is 81.2 cm³/mol. The van der Waals surface area contributed by atoms with E-state index in [2.05, 4.69) is 0 Å². The van der Waals surface area contributed by atoms with Crippen LogP contribution in [0.3, 0.4) is 0 Å². The summed E-state index contributed by atoms with van der Waals surface area (Å²) in [7, 11) is 0. The van der Waals surface area contributed by atoms with Crippen LogP contribution in [0.4, 0.5) is 4.79 Å². The van der Waals surface area contributed by atoms with Gasteiger partial charge < -0.3 is 14.7 Å². The van der Waals surface area contributed by atoms with Gasteiger partial charge in [-0.3, -0.25) is 0 Å². The van der Waals surface area contributed by atoms with Gasteiger partial charge in [-0.25, -0.2) is 4.79 Å². The van der Waals surface area contributed by atoms with Crippen molar-refractivity contribution in [1.29, 1.82) is 0 Å². The summed E-state index contributed by atoms with van der Waals surface area (Å²) < 4.78 is 5.57. The van der Waals surface area contributed by atoms with Gasteiger partial charge in [-0.05, 0) is 36.5 Å². The monoisotopic (exact) mass is 329 g/mol. The molecule has 1 aliphatic carbocycles. The fourth-order valence-corrected chi connectivity index (χ4v) is 4.01. The van der Waals surface area contributed by atoms with E-state index in [1.807, 2.05) is 19.1 Å². The Morgan fingerprint density at radius 1 is 1.48 bits per heavy atom. The van der Waals surface area contributed by atoms with Crippen molar-refractivity contribution in [3.63, 3.8) is 0 Å². The molecule has 0 spiro atoms. The van der Waals surface area contributed by atoms with E-state index in [1.165, 1.54) is 4.90 Å². The number of carbonyl (C=O) groups is 1. The number of piperidine rings is 1. The van der Waals surface area contributed by atoms with Crippen LogP contribution in [0.15, 0.2) is 18.2 Å². The number of halogens is 2. The Balaban J connectivity index is 1.90. The SMILES string of the molecule is CCOCC1C2CN(C(=O)O)CC12c1ccc(Cl)c(Cl)c1. The first-order chi connectivity index (χ1) is 10.0. The van der Waals surface area contributed by atoms with Gasteiger partial charge in [0.25, 0.3) is 0 Å². The molecule has 2 aliphatic rings. The number of fused-ring (bicyclic) bond motifs is 1. The normalized spacial score (nSPS) is 30.3. The molecule has 1 aromatic carbocycles. The van der Waals surface area contributed by atoms with Crippen LogP contribution in [-0.2, 0) is 10.2 Å². The molecule has 0 radical (unpaired) electrons. The van der Waals surface area contributed by atoms with E-state index in [9.17, 15) is 9.90 Å². The van der Waals surface area contributed by atoms with Crippen LogP contribution < -0.4 is 0 Å². The molecule has 3 rings (SSSR count). The van der Waals surface area contributed by atoms with Crippen molar-refractivity contribution in [2.75, 3.05) is 26.3 Å². The van der Waals surface area contributed by atoms with Crippen LogP contribution in [0.1, 0.15) is 12.5 Å². The van der Waals surface area contributed by atoms with Crippen molar-refractivity contribution in [2.45, 2.75) is 12.3 Å². The Hall–Kier alpha value is -0.970. The molecular weight excluding hydrogens is 313 g/mol. The summed E-state index contributed by atoms with van der Waals surface area (Å²) >= 11 is 12.1. The maximum Gasteiger partial charge on any atom is 0.407 e. The molecule has 0 bridgehead atoms. The Morgan fingerprint density at radius 2 is 2.24 bits per heavy atom. The molecule has 4 nitrogen and oxygen atoms in total. The molecule has 1 N–H and O–H groups in total. The van der Waals surface area contributed by atoms with E-state index >= 15 is 0 Å². The van der Waals surface area contributed by atoms with E-state index in [1.54, 1.807) is 6.07 Å².